The van der Waals surface area contributed by atoms with Crippen molar-refractivity contribution in [2.24, 2.45) is 10.9 Å². The van der Waals surface area contributed by atoms with Crippen molar-refractivity contribution in [1.29, 1.82) is 0 Å². The lowest BCUT2D eigenvalue weighted by Crippen LogP contribution is -2.48. The Kier molecular flexibility index (Phi) is 7.46. The summed E-state index contributed by atoms with van der Waals surface area (Å²) in [7, 11) is 1.90. The molecule has 5 heteroatoms. The Bertz CT molecular complexity index is 340. The Morgan fingerprint density at radius 2 is 1.95 bits per heavy atom. The monoisotopic (exact) mass is 310 g/mol. The first-order valence-electron chi connectivity index (χ1n) is 9.06. The summed E-state index contributed by atoms with van der Waals surface area (Å²) >= 11 is 0. The predicted molar refractivity (Wildman–Crippen MR) is 92.4 cm³/mol. The average Bonchev–Trinajstić information content (AvgIpc) is 2.98. The number of rotatable bonds is 6. The van der Waals surface area contributed by atoms with Gasteiger partial charge >= 0.3 is 0 Å². The molecule has 0 aromatic carbocycles. The summed E-state index contributed by atoms with van der Waals surface area (Å²) in [5, 5.41) is 3.60. The molecule has 2 saturated heterocycles. The summed E-state index contributed by atoms with van der Waals surface area (Å²) < 4.78 is 5.73. The highest BCUT2D eigenvalue weighted by Gasteiger charge is 2.24. The largest absolute Gasteiger partial charge is 0.378 e. The van der Waals surface area contributed by atoms with Crippen LogP contribution in [0.3, 0.4) is 0 Å². The summed E-state index contributed by atoms with van der Waals surface area (Å²) in [4.78, 5) is 9.45. The van der Waals surface area contributed by atoms with Gasteiger partial charge in [-0.25, -0.2) is 0 Å². The highest BCUT2D eigenvalue weighted by atomic mass is 16.5. The van der Waals surface area contributed by atoms with Gasteiger partial charge in [0.1, 0.15) is 0 Å². The van der Waals surface area contributed by atoms with E-state index in [0.29, 0.717) is 6.10 Å². The maximum absolute atomic E-state index is 5.73. The maximum Gasteiger partial charge on any atom is 0.193 e. The molecule has 2 rings (SSSR count). The van der Waals surface area contributed by atoms with Gasteiger partial charge in [0.05, 0.1) is 6.10 Å². The van der Waals surface area contributed by atoms with Gasteiger partial charge in [-0.3, -0.25) is 4.99 Å². The third-order valence-corrected chi connectivity index (χ3v) is 4.81. The average molecular weight is 310 g/mol. The molecule has 0 aromatic heterocycles. The molecule has 2 aliphatic rings. The molecule has 0 saturated carbocycles. The molecular weight excluding hydrogens is 276 g/mol. The minimum Gasteiger partial charge on any atom is -0.378 e. The molecule has 1 unspecified atom stereocenters. The van der Waals surface area contributed by atoms with Crippen LogP contribution in [-0.2, 0) is 4.74 Å². The number of piperidine rings is 1. The molecular formula is C17H34N4O. The smallest absolute Gasteiger partial charge is 0.193 e. The van der Waals surface area contributed by atoms with Crippen molar-refractivity contribution in [2.75, 3.05) is 52.9 Å². The number of aliphatic imine (C=N–C) groups is 1. The van der Waals surface area contributed by atoms with Crippen LogP contribution in [0.4, 0.5) is 0 Å². The first-order chi connectivity index (χ1) is 10.8. The Morgan fingerprint density at radius 1 is 1.18 bits per heavy atom. The normalized spacial score (nSPS) is 25.0. The second-order valence-corrected chi connectivity index (χ2v) is 6.53. The van der Waals surface area contributed by atoms with Crippen LogP contribution in [0.2, 0.25) is 0 Å². The van der Waals surface area contributed by atoms with Crippen molar-refractivity contribution >= 4 is 5.96 Å². The lowest BCUT2D eigenvalue weighted by molar-refractivity contribution is 0.0263. The van der Waals surface area contributed by atoms with E-state index in [4.69, 9.17) is 4.74 Å². The zero-order chi connectivity index (χ0) is 15.8. The molecule has 0 spiro atoms. The van der Waals surface area contributed by atoms with Crippen LogP contribution in [0.25, 0.3) is 0 Å². The van der Waals surface area contributed by atoms with Crippen molar-refractivity contribution < 1.29 is 4.74 Å². The molecule has 5 nitrogen and oxygen atoms in total. The number of hydrogen-bond acceptors (Lipinski definition) is 3. The fraction of sp³-hybridized carbons (Fsp3) is 0.941. The number of ether oxygens (including phenoxy) is 1. The van der Waals surface area contributed by atoms with Crippen molar-refractivity contribution in [3.8, 4) is 0 Å². The van der Waals surface area contributed by atoms with E-state index in [1.807, 2.05) is 7.05 Å². The zero-order valence-electron chi connectivity index (χ0n) is 14.7. The van der Waals surface area contributed by atoms with Crippen LogP contribution in [0.1, 0.15) is 39.5 Å². The third kappa shape index (κ3) is 5.13. The number of likely N-dealkylation sites (tertiary alicyclic amines) is 2. The fourth-order valence-corrected chi connectivity index (χ4v) is 3.64. The maximum atomic E-state index is 5.73. The lowest BCUT2D eigenvalue weighted by atomic mass is 10.1. The van der Waals surface area contributed by atoms with Gasteiger partial charge in [-0.2, -0.15) is 0 Å². The predicted octanol–water partition coefficient (Wildman–Crippen LogP) is 1.79. The molecule has 1 N–H and O–H groups in total. The van der Waals surface area contributed by atoms with Gasteiger partial charge < -0.3 is 19.9 Å². The summed E-state index contributed by atoms with van der Waals surface area (Å²) in [5.41, 5.74) is 0. The first kappa shape index (κ1) is 17.5. The summed E-state index contributed by atoms with van der Waals surface area (Å²) in [5.74, 6) is 1.84. The van der Waals surface area contributed by atoms with Gasteiger partial charge in [0.25, 0.3) is 0 Å². The van der Waals surface area contributed by atoms with E-state index < -0.39 is 0 Å². The molecule has 0 radical (unpaired) electrons. The molecule has 1 atom stereocenters. The Hall–Kier alpha value is -0.810. The van der Waals surface area contributed by atoms with Gasteiger partial charge in [-0.15, -0.1) is 0 Å². The second kappa shape index (κ2) is 9.36. The highest BCUT2D eigenvalue weighted by Crippen LogP contribution is 2.16. The van der Waals surface area contributed by atoms with Gasteiger partial charge in [0.15, 0.2) is 5.96 Å². The summed E-state index contributed by atoms with van der Waals surface area (Å²) in [6.07, 6.45) is 5.24. The number of hydrogen-bond donors (Lipinski definition) is 1. The molecule has 0 aromatic rings. The van der Waals surface area contributed by atoms with Crippen LogP contribution >= 0.6 is 0 Å². The molecule has 0 bridgehead atoms. The molecule has 2 aliphatic heterocycles. The van der Waals surface area contributed by atoms with E-state index in [0.717, 1.165) is 51.0 Å². The summed E-state index contributed by atoms with van der Waals surface area (Å²) in [6, 6.07) is 0. The van der Waals surface area contributed by atoms with E-state index in [2.05, 4.69) is 34.0 Å². The molecule has 0 amide bonds. The van der Waals surface area contributed by atoms with Crippen molar-refractivity contribution in [3.63, 3.8) is 0 Å². The highest BCUT2D eigenvalue weighted by molar-refractivity contribution is 5.79. The van der Waals surface area contributed by atoms with E-state index >= 15 is 0 Å². The SMILES string of the molecule is CCCN1CCC(CNC(=NC)N2CCC(OCC)CC2)C1. The minimum absolute atomic E-state index is 0.441. The van der Waals surface area contributed by atoms with Crippen LogP contribution in [-0.4, -0.2) is 74.8 Å². The molecule has 2 heterocycles. The van der Waals surface area contributed by atoms with Crippen molar-refractivity contribution in [2.45, 2.75) is 45.6 Å². The standard InChI is InChI=1S/C17H34N4O/c1-4-9-20-10-6-15(14-20)13-19-17(18-3)21-11-7-16(8-12-21)22-5-2/h15-16H,4-14H2,1-3H3,(H,18,19). The number of guanidine groups is 1. The van der Waals surface area contributed by atoms with E-state index in [1.165, 1.54) is 32.5 Å². The van der Waals surface area contributed by atoms with Crippen molar-refractivity contribution in [3.05, 3.63) is 0 Å². The van der Waals surface area contributed by atoms with Crippen LogP contribution < -0.4 is 5.32 Å². The quantitative estimate of drug-likeness (QED) is 0.600. The minimum atomic E-state index is 0.441. The Morgan fingerprint density at radius 3 is 2.59 bits per heavy atom. The number of nitrogens with one attached hydrogen (secondary N) is 1. The van der Waals surface area contributed by atoms with Crippen LogP contribution in [0.5, 0.6) is 0 Å². The van der Waals surface area contributed by atoms with Gasteiger partial charge in [-0.05, 0) is 51.6 Å². The molecule has 2 fully saturated rings. The van der Waals surface area contributed by atoms with Crippen molar-refractivity contribution in [1.82, 2.24) is 15.1 Å². The topological polar surface area (TPSA) is 40.1 Å². The van der Waals surface area contributed by atoms with E-state index in [1.54, 1.807) is 0 Å². The van der Waals surface area contributed by atoms with Gasteiger partial charge in [0.2, 0.25) is 0 Å². The van der Waals surface area contributed by atoms with Crippen LogP contribution in [0, 0.1) is 5.92 Å². The van der Waals surface area contributed by atoms with Gasteiger partial charge in [0, 0.05) is 39.8 Å². The Labute approximate surface area is 136 Å². The van der Waals surface area contributed by atoms with Crippen LogP contribution in [0.15, 0.2) is 4.99 Å². The fourth-order valence-electron chi connectivity index (χ4n) is 3.64. The van der Waals surface area contributed by atoms with E-state index in [9.17, 15) is 0 Å². The lowest BCUT2D eigenvalue weighted by Gasteiger charge is -2.34. The molecule has 0 aliphatic carbocycles. The third-order valence-electron chi connectivity index (χ3n) is 4.81. The number of nitrogens with zero attached hydrogens (tertiary/aromatic N) is 3. The zero-order valence-corrected chi connectivity index (χ0v) is 14.7. The van der Waals surface area contributed by atoms with Gasteiger partial charge in [-0.1, -0.05) is 6.92 Å². The second-order valence-electron chi connectivity index (χ2n) is 6.53. The van der Waals surface area contributed by atoms with E-state index in [-0.39, 0.29) is 0 Å². The molecule has 22 heavy (non-hydrogen) atoms. The molecule has 128 valence electrons. The Balaban J connectivity index is 1.70. The first-order valence-corrected chi connectivity index (χ1v) is 9.06. The summed E-state index contributed by atoms with van der Waals surface area (Å²) in [6.45, 7) is 12.1.